The Balaban J connectivity index is 2.05. The molecule has 1 aliphatic rings. The van der Waals surface area contributed by atoms with Crippen molar-refractivity contribution < 1.29 is 44.8 Å². The number of benzene rings is 1. The average molecular weight is 542 g/mol. The molecule has 1 aliphatic heterocycles. The van der Waals surface area contributed by atoms with Gasteiger partial charge < -0.3 is 16.0 Å². The van der Waals surface area contributed by atoms with Crippen LogP contribution in [0.1, 0.15) is 31.4 Å². The Morgan fingerprint density at radius 2 is 1.67 bits per heavy atom. The Hall–Kier alpha value is -2.61. The number of Topliss-reactive ketones (excluding diaryl/α,β-unsaturated/α-hetero) is 1. The van der Waals surface area contributed by atoms with Crippen LogP contribution in [-0.2, 0) is 30.0 Å². The van der Waals surface area contributed by atoms with Gasteiger partial charge in [0.15, 0.2) is 9.84 Å². The lowest BCUT2D eigenvalue weighted by Crippen LogP contribution is -2.58. The van der Waals surface area contributed by atoms with Crippen LogP contribution in [0.25, 0.3) is 0 Å². The summed E-state index contributed by atoms with van der Waals surface area (Å²) >= 11 is 0. The van der Waals surface area contributed by atoms with Gasteiger partial charge in [-0.25, -0.2) is 8.42 Å². The van der Waals surface area contributed by atoms with Crippen LogP contribution >= 0.6 is 0 Å². The number of nitrogens with one attached hydrogen (secondary N) is 3. The normalized spacial score (nSPS) is 19.7. The van der Waals surface area contributed by atoms with E-state index in [0.717, 1.165) is 10.9 Å². The van der Waals surface area contributed by atoms with Crippen LogP contribution in [0.4, 0.5) is 22.0 Å². The van der Waals surface area contributed by atoms with Crippen molar-refractivity contribution in [2.45, 2.75) is 62.4 Å². The third kappa shape index (κ3) is 7.69. The predicted octanol–water partition coefficient (Wildman–Crippen LogP) is 1.66. The zero-order valence-corrected chi connectivity index (χ0v) is 20.6. The van der Waals surface area contributed by atoms with E-state index < -0.39 is 69.3 Å². The van der Waals surface area contributed by atoms with Gasteiger partial charge in [0.05, 0.1) is 23.1 Å². The third-order valence-electron chi connectivity index (χ3n) is 5.69. The van der Waals surface area contributed by atoms with Crippen LogP contribution in [0.5, 0.6) is 0 Å². The molecule has 2 amide bonds. The van der Waals surface area contributed by atoms with Crippen molar-refractivity contribution in [3.63, 3.8) is 0 Å². The minimum atomic E-state index is -4.97. The van der Waals surface area contributed by atoms with E-state index in [2.05, 4.69) is 10.6 Å². The first-order valence-electron chi connectivity index (χ1n) is 11.0. The lowest BCUT2D eigenvalue weighted by Gasteiger charge is -2.26. The van der Waals surface area contributed by atoms with E-state index in [4.69, 9.17) is 0 Å². The van der Waals surface area contributed by atoms with E-state index in [9.17, 15) is 44.8 Å². The number of amides is 2. The van der Waals surface area contributed by atoms with Crippen molar-refractivity contribution in [3.8, 4) is 0 Å². The lowest BCUT2D eigenvalue weighted by molar-refractivity contribution is -0.165. The largest absolute Gasteiger partial charge is 0.405 e. The molecular formula is C22H28F5N3O5S. The van der Waals surface area contributed by atoms with Gasteiger partial charge in [0, 0.05) is 6.54 Å². The quantitative estimate of drug-likeness (QED) is 0.306. The van der Waals surface area contributed by atoms with Gasteiger partial charge in [0.25, 0.3) is 5.91 Å². The van der Waals surface area contributed by atoms with Gasteiger partial charge in [-0.3, -0.25) is 14.4 Å². The van der Waals surface area contributed by atoms with E-state index in [1.807, 2.05) is 6.92 Å². The van der Waals surface area contributed by atoms with Gasteiger partial charge >= 0.3 is 12.1 Å². The summed E-state index contributed by atoms with van der Waals surface area (Å²) < 4.78 is 90.9. The fourth-order valence-corrected chi connectivity index (χ4v) is 5.33. The molecule has 202 valence electrons. The number of alkyl halides is 5. The van der Waals surface area contributed by atoms with Gasteiger partial charge in [-0.1, -0.05) is 43.7 Å². The van der Waals surface area contributed by atoms with Crippen molar-refractivity contribution in [3.05, 3.63) is 35.4 Å². The molecule has 1 saturated heterocycles. The number of hydrogen-bond acceptors (Lipinski definition) is 6. The Morgan fingerprint density at radius 1 is 1.08 bits per heavy atom. The molecule has 0 spiro atoms. The number of halogens is 5. The molecule has 0 bridgehead atoms. The molecule has 36 heavy (non-hydrogen) atoms. The van der Waals surface area contributed by atoms with E-state index in [-0.39, 0.29) is 18.7 Å². The highest BCUT2D eigenvalue weighted by Crippen LogP contribution is 2.23. The summed E-state index contributed by atoms with van der Waals surface area (Å²) in [6, 6.07) is 3.83. The summed E-state index contributed by atoms with van der Waals surface area (Å²) in [7, 11) is -3.68. The maximum atomic E-state index is 14.3. The van der Waals surface area contributed by atoms with Gasteiger partial charge in [0.2, 0.25) is 11.7 Å². The molecule has 0 unspecified atom stereocenters. The molecule has 1 fully saturated rings. The van der Waals surface area contributed by atoms with Crippen molar-refractivity contribution in [2.75, 3.05) is 13.1 Å². The van der Waals surface area contributed by atoms with Crippen LogP contribution in [0.15, 0.2) is 24.3 Å². The van der Waals surface area contributed by atoms with Gasteiger partial charge in [-0.15, -0.1) is 0 Å². The van der Waals surface area contributed by atoms with Crippen LogP contribution < -0.4 is 16.0 Å². The average Bonchev–Trinajstić information content (AvgIpc) is 3.27. The van der Waals surface area contributed by atoms with Gasteiger partial charge in [-0.05, 0) is 24.8 Å². The molecule has 0 radical (unpaired) electrons. The van der Waals surface area contributed by atoms with E-state index in [1.54, 1.807) is 24.3 Å². The summed E-state index contributed by atoms with van der Waals surface area (Å²) in [5.41, 5.74) is 1.51. The predicted molar refractivity (Wildman–Crippen MR) is 120 cm³/mol. The van der Waals surface area contributed by atoms with Crippen molar-refractivity contribution in [1.82, 2.24) is 16.0 Å². The van der Waals surface area contributed by atoms with Crippen LogP contribution in [0, 0.1) is 12.8 Å². The van der Waals surface area contributed by atoms with E-state index in [1.165, 1.54) is 13.8 Å². The number of aryl methyl sites for hydroxylation is 1. The SMILES string of the molecule is Cc1ccc(CS(=O)(=O)[C@H]2CN[C@H](C(=O)N[C@H](C(=O)C(F)(F)C(=O)NCC(F)(F)F)C(C)C)C2)cc1. The second kappa shape index (κ2) is 11.2. The topological polar surface area (TPSA) is 121 Å². The fraction of sp³-hybridized carbons (Fsp3) is 0.591. The molecule has 1 aromatic carbocycles. The summed E-state index contributed by atoms with van der Waals surface area (Å²) in [4.78, 5) is 36.6. The first-order chi connectivity index (χ1) is 16.4. The minimum Gasteiger partial charge on any atom is -0.344 e. The second-order valence-electron chi connectivity index (χ2n) is 9.08. The number of carbonyl (C=O) groups is 3. The highest BCUT2D eigenvalue weighted by atomic mass is 32.2. The summed E-state index contributed by atoms with van der Waals surface area (Å²) in [6.45, 7) is 2.30. The van der Waals surface area contributed by atoms with Gasteiger partial charge in [-0.2, -0.15) is 22.0 Å². The smallest absolute Gasteiger partial charge is 0.344 e. The van der Waals surface area contributed by atoms with Crippen molar-refractivity contribution in [1.29, 1.82) is 0 Å². The van der Waals surface area contributed by atoms with Crippen LogP contribution in [-0.4, -0.2) is 68.5 Å². The number of ketones is 1. The third-order valence-corrected chi connectivity index (χ3v) is 7.80. The Morgan fingerprint density at radius 3 is 2.19 bits per heavy atom. The number of hydrogen-bond donors (Lipinski definition) is 3. The van der Waals surface area contributed by atoms with E-state index in [0.29, 0.717) is 5.56 Å². The van der Waals surface area contributed by atoms with E-state index >= 15 is 0 Å². The molecule has 0 aliphatic carbocycles. The summed E-state index contributed by atoms with van der Waals surface area (Å²) in [6.07, 6.45) is -5.15. The van der Waals surface area contributed by atoms with Crippen LogP contribution in [0.3, 0.4) is 0 Å². The first-order valence-corrected chi connectivity index (χ1v) is 12.7. The maximum Gasteiger partial charge on any atom is 0.405 e. The minimum absolute atomic E-state index is 0.0808. The molecule has 3 atom stereocenters. The molecule has 1 heterocycles. The molecular weight excluding hydrogens is 513 g/mol. The summed E-state index contributed by atoms with van der Waals surface area (Å²) in [5.74, 6) is -11.5. The van der Waals surface area contributed by atoms with Crippen LogP contribution in [0.2, 0.25) is 0 Å². The maximum absolute atomic E-state index is 14.3. The highest BCUT2D eigenvalue weighted by Gasteiger charge is 2.52. The molecule has 8 nitrogen and oxygen atoms in total. The number of carbonyl (C=O) groups excluding carboxylic acids is 3. The molecule has 3 N–H and O–H groups in total. The number of rotatable bonds is 10. The summed E-state index contributed by atoms with van der Waals surface area (Å²) in [5, 5.41) is 4.80. The first kappa shape index (κ1) is 29.6. The molecule has 1 aromatic rings. The second-order valence-corrected chi connectivity index (χ2v) is 11.4. The Labute approximate surface area is 205 Å². The monoisotopic (exact) mass is 541 g/mol. The molecule has 0 aromatic heterocycles. The molecule has 14 heteroatoms. The zero-order valence-electron chi connectivity index (χ0n) is 19.8. The van der Waals surface area contributed by atoms with Crippen molar-refractivity contribution in [2.24, 2.45) is 5.92 Å². The zero-order chi connectivity index (χ0) is 27.5. The Bertz CT molecular complexity index is 1070. The fourth-order valence-electron chi connectivity index (χ4n) is 3.60. The number of sulfone groups is 1. The standard InChI is InChI=1S/C22H28F5N3O5S/c1-12(2)17(18(31)22(26,27)20(33)29-11-21(23,24)25)30-19(32)16-8-15(9-28-16)36(34,35)10-14-6-4-13(3)5-7-14/h4-7,12,15-17,28H,8-11H2,1-3H3,(H,29,33)(H,30,32)/t15-,16+,17+/m1/s1. The molecule has 0 saturated carbocycles. The lowest BCUT2D eigenvalue weighted by atomic mass is 9.95. The molecule has 2 rings (SSSR count). The van der Waals surface area contributed by atoms with Gasteiger partial charge in [0.1, 0.15) is 6.54 Å². The van der Waals surface area contributed by atoms with Crippen molar-refractivity contribution >= 4 is 27.4 Å². The Kier molecular flexibility index (Phi) is 9.21. The highest BCUT2D eigenvalue weighted by molar-refractivity contribution is 7.91.